The summed E-state index contributed by atoms with van der Waals surface area (Å²) < 4.78 is 44.2. The smallest absolute Gasteiger partial charge is 0.255 e. The third-order valence-electron chi connectivity index (χ3n) is 5.98. The molecule has 0 saturated carbocycles. The molecule has 1 aliphatic heterocycles. The minimum absolute atomic E-state index is 0.112. The van der Waals surface area contributed by atoms with Crippen LogP contribution in [0.25, 0.3) is 11.0 Å². The summed E-state index contributed by atoms with van der Waals surface area (Å²) in [6, 6.07) is 15.5. The third-order valence-corrected chi connectivity index (χ3v) is 7.58. The Bertz CT molecular complexity index is 1570. The van der Waals surface area contributed by atoms with Crippen LogP contribution in [0.3, 0.4) is 0 Å². The van der Waals surface area contributed by atoms with Gasteiger partial charge in [-0.1, -0.05) is 30.3 Å². The second kappa shape index (κ2) is 10.7. The van der Waals surface area contributed by atoms with Gasteiger partial charge < -0.3 is 24.4 Å². The number of nitrogens with zero attached hydrogens (tertiary/aromatic N) is 4. The number of amides is 1. The van der Waals surface area contributed by atoms with Crippen LogP contribution in [0.1, 0.15) is 22.8 Å². The molecular weight excluding hydrogens is 510 g/mol. The van der Waals surface area contributed by atoms with Gasteiger partial charge in [0.05, 0.1) is 37.2 Å². The monoisotopic (exact) mass is 537 g/mol. The highest BCUT2D eigenvalue weighted by atomic mass is 32.2. The van der Waals surface area contributed by atoms with Gasteiger partial charge in [0.15, 0.2) is 5.65 Å². The van der Waals surface area contributed by atoms with Gasteiger partial charge in [0.1, 0.15) is 12.5 Å². The van der Waals surface area contributed by atoms with Crippen LogP contribution < -0.4 is 14.8 Å². The summed E-state index contributed by atoms with van der Waals surface area (Å²) in [6.07, 6.45) is 1.45. The summed E-state index contributed by atoms with van der Waals surface area (Å²) in [5.74, 6) is 0.393. The van der Waals surface area contributed by atoms with Crippen molar-refractivity contribution >= 4 is 38.6 Å². The first-order chi connectivity index (χ1) is 18.4. The van der Waals surface area contributed by atoms with Gasteiger partial charge in [-0.3, -0.25) is 4.79 Å². The van der Waals surface area contributed by atoms with Crippen LogP contribution in [-0.2, 0) is 20.5 Å². The molecule has 1 amide bonds. The third kappa shape index (κ3) is 5.13. The highest BCUT2D eigenvalue weighted by Gasteiger charge is 2.23. The van der Waals surface area contributed by atoms with Gasteiger partial charge in [0.2, 0.25) is 21.9 Å². The Morgan fingerprint density at radius 1 is 1.13 bits per heavy atom. The Morgan fingerprint density at radius 2 is 1.95 bits per heavy atom. The Balaban J connectivity index is 1.50. The van der Waals surface area contributed by atoms with Gasteiger partial charge in [0.25, 0.3) is 5.91 Å². The van der Waals surface area contributed by atoms with E-state index in [-0.39, 0.29) is 35.9 Å². The number of carbonyl (C=O) groups excluding carboxylic acids is 1. The summed E-state index contributed by atoms with van der Waals surface area (Å²) in [7, 11) is -2.30. The Kier molecular flexibility index (Phi) is 7.16. The van der Waals surface area contributed by atoms with Crippen molar-refractivity contribution < 1.29 is 27.4 Å². The van der Waals surface area contributed by atoms with Crippen LogP contribution in [-0.4, -0.2) is 66.8 Å². The van der Waals surface area contributed by atoms with E-state index in [2.05, 4.69) is 15.3 Å². The number of benzene rings is 2. The first kappa shape index (κ1) is 25.5. The largest absolute Gasteiger partial charge is 0.495 e. The Hall–Kier alpha value is -4.16. The van der Waals surface area contributed by atoms with E-state index in [0.29, 0.717) is 47.7 Å². The first-order valence-electron chi connectivity index (χ1n) is 12.0. The van der Waals surface area contributed by atoms with Crippen molar-refractivity contribution in [3.8, 4) is 11.6 Å². The molecule has 0 bridgehead atoms. The Labute approximate surface area is 220 Å². The molecule has 38 heavy (non-hydrogen) atoms. The summed E-state index contributed by atoms with van der Waals surface area (Å²) in [5.41, 5.74) is 1.78. The zero-order chi connectivity index (χ0) is 26.7. The lowest BCUT2D eigenvalue weighted by molar-refractivity contribution is 0.0694. The van der Waals surface area contributed by atoms with Crippen LogP contribution in [0.2, 0.25) is 0 Å². The zero-order valence-electron chi connectivity index (χ0n) is 21.0. The van der Waals surface area contributed by atoms with E-state index in [1.165, 1.54) is 13.3 Å². The minimum atomic E-state index is -3.79. The molecule has 0 unspecified atom stereocenters. The molecule has 0 atom stereocenters. The van der Waals surface area contributed by atoms with Crippen molar-refractivity contribution in [2.75, 3.05) is 38.9 Å². The van der Waals surface area contributed by atoms with E-state index in [0.717, 1.165) is 3.97 Å². The molecule has 1 N–H and O–H groups in total. The molecule has 2 aromatic carbocycles. The molecule has 0 aliphatic carbocycles. The van der Waals surface area contributed by atoms with Crippen LogP contribution in [0, 0.1) is 0 Å². The van der Waals surface area contributed by atoms with E-state index in [4.69, 9.17) is 14.2 Å². The zero-order valence-corrected chi connectivity index (χ0v) is 21.8. The highest BCUT2D eigenvalue weighted by molar-refractivity contribution is 7.89. The molecule has 0 spiro atoms. The molecule has 3 heterocycles. The summed E-state index contributed by atoms with van der Waals surface area (Å²) in [4.78, 5) is 23.3. The van der Waals surface area contributed by atoms with E-state index in [1.807, 2.05) is 13.0 Å². The number of ether oxygens (including phenoxy) is 3. The lowest BCUT2D eigenvalue weighted by atomic mass is 10.1. The van der Waals surface area contributed by atoms with Gasteiger partial charge in [-0.15, -0.1) is 0 Å². The molecule has 2 aromatic heterocycles. The van der Waals surface area contributed by atoms with Gasteiger partial charge >= 0.3 is 0 Å². The van der Waals surface area contributed by atoms with E-state index in [1.54, 1.807) is 53.4 Å². The number of rotatable bonds is 9. The number of fused-ring (bicyclic) bond motifs is 1. The van der Waals surface area contributed by atoms with Crippen LogP contribution >= 0.6 is 0 Å². The summed E-state index contributed by atoms with van der Waals surface area (Å²) in [5, 5.41) is 3.55. The molecule has 1 fully saturated rings. The van der Waals surface area contributed by atoms with Crippen LogP contribution in [0.5, 0.6) is 11.6 Å². The lowest BCUT2D eigenvalue weighted by Crippen LogP contribution is -2.28. The second-order valence-electron chi connectivity index (χ2n) is 8.52. The maximum atomic E-state index is 13.3. The number of aromatic nitrogens is 3. The molecular formula is C26H27N5O6S. The van der Waals surface area contributed by atoms with Crippen molar-refractivity contribution in [2.24, 2.45) is 0 Å². The van der Waals surface area contributed by atoms with Crippen molar-refractivity contribution in [1.29, 1.82) is 0 Å². The number of methoxy groups -OCH3 is 1. The normalized spacial score (nSPS) is 13.6. The topological polar surface area (TPSA) is 125 Å². The average Bonchev–Trinajstić information content (AvgIpc) is 3.60. The van der Waals surface area contributed by atoms with Gasteiger partial charge in [-0.25, -0.2) is 12.4 Å². The van der Waals surface area contributed by atoms with Crippen LogP contribution in [0.4, 0.5) is 11.6 Å². The fourth-order valence-corrected chi connectivity index (χ4v) is 5.55. The molecule has 1 saturated heterocycles. The predicted octanol–water partition coefficient (Wildman–Crippen LogP) is 3.39. The summed E-state index contributed by atoms with van der Waals surface area (Å²) in [6.45, 7) is 3.43. The molecule has 11 nitrogen and oxygen atoms in total. The maximum Gasteiger partial charge on any atom is 0.255 e. The minimum Gasteiger partial charge on any atom is -0.495 e. The molecule has 1 aliphatic rings. The number of hydrogen-bond acceptors (Lipinski definition) is 9. The fraction of sp³-hybridized carbons (Fsp3) is 0.269. The number of nitrogens with one attached hydrogen (secondary N) is 1. The van der Waals surface area contributed by atoms with E-state index >= 15 is 0 Å². The quantitative estimate of drug-likeness (QED) is 0.342. The maximum absolute atomic E-state index is 13.3. The van der Waals surface area contributed by atoms with Crippen molar-refractivity contribution in [3.63, 3.8) is 0 Å². The molecule has 5 rings (SSSR count). The first-order valence-corrected chi connectivity index (χ1v) is 13.6. The van der Waals surface area contributed by atoms with Crippen molar-refractivity contribution in [3.05, 3.63) is 71.9 Å². The standard InChI is InChI=1S/C26H27N5O6S/c1-3-37-24-20-11-12-31(38(33,34)16-18-7-5-4-6-8-18)23(20)28-26(29-24)27-21-10-9-19(15-22(21)35-2)25(32)30-13-14-36-17-30/h4-12,15H,3,13-14,16-17H2,1-2H3,(H,27,28,29). The van der Waals surface area contributed by atoms with Gasteiger partial charge in [0, 0.05) is 18.3 Å². The number of anilines is 2. The SMILES string of the molecule is CCOc1nc(Nc2ccc(C(=O)N3CCOC3)cc2OC)nc2c1ccn2S(=O)(=O)Cc1ccccc1. The Morgan fingerprint density at radius 3 is 2.66 bits per heavy atom. The average molecular weight is 538 g/mol. The van der Waals surface area contributed by atoms with Crippen molar-refractivity contribution in [1.82, 2.24) is 18.8 Å². The predicted molar refractivity (Wildman–Crippen MR) is 141 cm³/mol. The highest BCUT2D eigenvalue weighted by Crippen LogP contribution is 2.32. The second-order valence-corrected chi connectivity index (χ2v) is 10.4. The number of hydrogen-bond donors (Lipinski definition) is 1. The van der Waals surface area contributed by atoms with E-state index < -0.39 is 10.0 Å². The van der Waals surface area contributed by atoms with Gasteiger partial charge in [-0.2, -0.15) is 9.97 Å². The lowest BCUT2D eigenvalue weighted by Gasteiger charge is -2.16. The van der Waals surface area contributed by atoms with Gasteiger partial charge in [-0.05, 0) is 36.8 Å². The summed E-state index contributed by atoms with van der Waals surface area (Å²) >= 11 is 0. The number of carbonyl (C=O) groups is 1. The molecule has 0 radical (unpaired) electrons. The molecule has 12 heteroatoms. The fourth-order valence-electron chi connectivity index (χ4n) is 4.15. The van der Waals surface area contributed by atoms with Crippen molar-refractivity contribution in [2.45, 2.75) is 12.7 Å². The molecule has 4 aromatic rings. The van der Waals surface area contributed by atoms with E-state index in [9.17, 15) is 13.2 Å². The molecule has 198 valence electrons. The van der Waals surface area contributed by atoms with Crippen LogP contribution in [0.15, 0.2) is 60.8 Å².